The Morgan fingerprint density at radius 3 is 2.65 bits per heavy atom. The van der Waals surface area contributed by atoms with E-state index in [1.54, 1.807) is 0 Å². The third kappa shape index (κ3) is 3.23. The lowest BCUT2D eigenvalue weighted by Crippen LogP contribution is -2.06. The van der Waals surface area contributed by atoms with Crippen molar-refractivity contribution in [2.45, 2.75) is 25.4 Å². The van der Waals surface area contributed by atoms with Gasteiger partial charge in [-0.2, -0.15) is 13.2 Å². The topological polar surface area (TPSA) is 46.5 Å². The molecule has 0 heterocycles. The van der Waals surface area contributed by atoms with Crippen LogP contribution in [0.3, 0.4) is 0 Å². The van der Waals surface area contributed by atoms with Gasteiger partial charge in [-0.15, -0.1) is 0 Å². The predicted octanol–water partition coefficient (Wildman–Crippen LogP) is 3.37. The van der Waals surface area contributed by atoms with Crippen molar-refractivity contribution < 1.29 is 27.8 Å². The van der Waals surface area contributed by atoms with E-state index in [-0.39, 0.29) is 11.8 Å². The Kier molecular flexibility index (Phi) is 3.92. The van der Waals surface area contributed by atoms with Crippen molar-refractivity contribution in [3.63, 3.8) is 0 Å². The van der Waals surface area contributed by atoms with Crippen molar-refractivity contribution in [2.75, 3.05) is 7.11 Å². The number of rotatable bonds is 5. The molecule has 0 saturated heterocycles. The lowest BCUT2D eigenvalue weighted by molar-refractivity contribution is -0.139. The van der Waals surface area contributed by atoms with Crippen LogP contribution in [0, 0.1) is 11.8 Å². The number of halogens is 3. The molecule has 0 bridgehead atoms. The van der Waals surface area contributed by atoms with Gasteiger partial charge in [0, 0.05) is 0 Å². The van der Waals surface area contributed by atoms with Crippen LogP contribution in [-0.4, -0.2) is 18.2 Å². The lowest BCUT2D eigenvalue weighted by atomic mass is 10.0. The first kappa shape index (κ1) is 14.7. The number of carbonyl (C=O) groups is 1. The minimum Gasteiger partial charge on any atom is -0.496 e. The highest BCUT2D eigenvalue weighted by Gasteiger charge is 2.42. The third-order valence-electron chi connectivity index (χ3n) is 3.63. The first-order chi connectivity index (χ1) is 9.32. The number of benzene rings is 1. The van der Waals surface area contributed by atoms with Crippen LogP contribution >= 0.6 is 0 Å². The van der Waals surface area contributed by atoms with Gasteiger partial charge in [-0.05, 0) is 48.9 Å². The Morgan fingerprint density at radius 1 is 1.45 bits per heavy atom. The molecule has 2 rings (SSSR count). The van der Waals surface area contributed by atoms with Gasteiger partial charge in [-0.3, -0.25) is 4.79 Å². The van der Waals surface area contributed by atoms with E-state index in [4.69, 9.17) is 9.84 Å². The zero-order valence-corrected chi connectivity index (χ0v) is 10.9. The molecule has 6 heteroatoms. The van der Waals surface area contributed by atoms with Crippen LogP contribution in [0.1, 0.15) is 24.0 Å². The molecule has 1 saturated carbocycles. The molecule has 1 aromatic carbocycles. The van der Waals surface area contributed by atoms with Gasteiger partial charge in [-0.25, -0.2) is 0 Å². The molecule has 2 unspecified atom stereocenters. The molecule has 1 aromatic rings. The van der Waals surface area contributed by atoms with Crippen LogP contribution in [-0.2, 0) is 17.4 Å². The highest BCUT2D eigenvalue weighted by molar-refractivity contribution is 5.73. The molecule has 110 valence electrons. The van der Waals surface area contributed by atoms with Crippen molar-refractivity contribution >= 4 is 5.97 Å². The molecule has 2 atom stereocenters. The number of carboxylic acids is 1. The molecule has 1 aliphatic rings. The number of hydrogen-bond donors (Lipinski definition) is 1. The number of ether oxygens (including phenoxy) is 1. The fourth-order valence-electron chi connectivity index (χ4n) is 2.36. The summed E-state index contributed by atoms with van der Waals surface area (Å²) in [6.45, 7) is 0. The van der Waals surface area contributed by atoms with Crippen molar-refractivity contribution in [1.82, 2.24) is 0 Å². The molecule has 0 spiro atoms. The fraction of sp³-hybridized carbons (Fsp3) is 0.500. The van der Waals surface area contributed by atoms with E-state index >= 15 is 0 Å². The summed E-state index contributed by atoms with van der Waals surface area (Å²) < 4.78 is 43.0. The van der Waals surface area contributed by atoms with E-state index in [9.17, 15) is 18.0 Å². The average molecular weight is 288 g/mol. The van der Waals surface area contributed by atoms with E-state index < -0.39 is 17.7 Å². The SMILES string of the molecule is COc1ccc(C(F)(F)F)cc1CCC1CC1C(=O)O. The molecule has 1 fully saturated rings. The predicted molar refractivity (Wildman–Crippen MR) is 65.5 cm³/mol. The molecule has 0 radical (unpaired) electrons. The van der Waals surface area contributed by atoms with Crippen LogP contribution < -0.4 is 4.74 Å². The zero-order valence-electron chi connectivity index (χ0n) is 10.9. The Hall–Kier alpha value is -1.72. The summed E-state index contributed by atoms with van der Waals surface area (Å²) in [7, 11) is 1.41. The second-order valence-corrected chi connectivity index (χ2v) is 5.00. The second-order valence-electron chi connectivity index (χ2n) is 5.00. The van der Waals surface area contributed by atoms with E-state index in [2.05, 4.69) is 0 Å². The van der Waals surface area contributed by atoms with Crippen LogP contribution in [0.4, 0.5) is 13.2 Å². The summed E-state index contributed by atoms with van der Waals surface area (Å²) in [5.74, 6) is -0.699. The van der Waals surface area contributed by atoms with Gasteiger partial charge in [0.05, 0.1) is 18.6 Å². The van der Waals surface area contributed by atoms with Crippen molar-refractivity contribution in [3.8, 4) is 5.75 Å². The summed E-state index contributed by atoms with van der Waals surface area (Å²) in [4.78, 5) is 10.7. The summed E-state index contributed by atoms with van der Waals surface area (Å²) in [6.07, 6.45) is -2.82. The highest BCUT2D eigenvalue weighted by atomic mass is 19.4. The number of alkyl halides is 3. The Morgan fingerprint density at radius 2 is 2.15 bits per heavy atom. The van der Waals surface area contributed by atoms with Crippen molar-refractivity contribution in [3.05, 3.63) is 29.3 Å². The molecule has 3 nitrogen and oxygen atoms in total. The van der Waals surface area contributed by atoms with Gasteiger partial charge in [0.15, 0.2) is 0 Å². The summed E-state index contributed by atoms with van der Waals surface area (Å²) in [5.41, 5.74) is -0.239. The maximum absolute atomic E-state index is 12.7. The maximum Gasteiger partial charge on any atom is 0.416 e. The number of methoxy groups -OCH3 is 1. The number of aliphatic carboxylic acids is 1. The van der Waals surface area contributed by atoms with E-state index in [1.165, 1.54) is 13.2 Å². The molecule has 1 aliphatic carbocycles. The summed E-state index contributed by atoms with van der Waals surface area (Å²) >= 11 is 0. The van der Waals surface area contributed by atoms with Crippen molar-refractivity contribution in [2.24, 2.45) is 11.8 Å². The second kappa shape index (κ2) is 5.34. The maximum atomic E-state index is 12.7. The first-order valence-corrected chi connectivity index (χ1v) is 6.30. The standard InChI is InChI=1S/C14H15F3O3/c1-20-12-5-4-10(14(15,16)17)6-9(12)3-2-8-7-11(8)13(18)19/h4-6,8,11H,2-3,7H2,1H3,(H,18,19). The number of carboxylic acid groups (broad SMARTS) is 1. The van der Waals surface area contributed by atoms with Gasteiger partial charge in [0.2, 0.25) is 0 Å². The first-order valence-electron chi connectivity index (χ1n) is 6.30. The summed E-state index contributed by atoms with van der Waals surface area (Å²) in [5, 5.41) is 8.80. The molecular formula is C14H15F3O3. The Bertz CT molecular complexity index is 511. The minimum atomic E-state index is -4.38. The highest BCUT2D eigenvalue weighted by Crippen LogP contribution is 2.43. The van der Waals surface area contributed by atoms with Crippen molar-refractivity contribution in [1.29, 1.82) is 0 Å². The van der Waals surface area contributed by atoms with Crippen LogP contribution in [0.15, 0.2) is 18.2 Å². The monoisotopic (exact) mass is 288 g/mol. The summed E-state index contributed by atoms with van der Waals surface area (Å²) in [6, 6.07) is 3.37. The third-order valence-corrected chi connectivity index (χ3v) is 3.63. The van der Waals surface area contributed by atoms with Crippen LogP contribution in [0.25, 0.3) is 0 Å². The number of hydrogen-bond acceptors (Lipinski definition) is 2. The van der Waals surface area contributed by atoms with Crippen LogP contribution in [0.2, 0.25) is 0 Å². The fourth-order valence-corrected chi connectivity index (χ4v) is 2.36. The van der Waals surface area contributed by atoms with E-state index in [1.807, 2.05) is 0 Å². The van der Waals surface area contributed by atoms with Gasteiger partial charge in [0.1, 0.15) is 5.75 Å². The molecule has 20 heavy (non-hydrogen) atoms. The van der Waals surface area contributed by atoms with Gasteiger partial charge in [0.25, 0.3) is 0 Å². The normalized spacial score (nSPS) is 21.6. The van der Waals surface area contributed by atoms with Gasteiger partial charge >= 0.3 is 12.1 Å². The van der Waals surface area contributed by atoms with Gasteiger partial charge in [-0.1, -0.05) is 0 Å². The quantitative estimate of drug-likeness (QED) is 0.903. The largest absolute Gasteiger partial charge is 0.496 e. The number of aryl methyl sites for hydroxylation is 1. The van der Waals surface area contributed by atoms with E-state index in [0.717, 1.165) is 12.1 Å². The lowest BCUT2D eigenvalue weighted by Gasteiger charge is -2.12. The molecule has 0 amide bonds. The zero-order chi connectivity index (χ0) is 14.9. The smallest absolute Gasteiger partial charge is 0.416 e. The minimum absolute atomic E-state index is 0.0618. The molecule has 1 N–H and O–H groups in total. The average Bonchev–Trinajstić information content (AvgIpc) is 3.14. The van der Waals surface area contributed by atoms with Gasteiger partial charge < -0.3 is 9.84 Å². The van der Waals surface area contributed by atoms with E-state index in [0.29, 0.717) is 30.6 Å². The molecule has 0 aliphatic heterocycles. The Balaban J connectivity index is 2.07. The molecule has 0 aromatic heterocycles. The molecular weight excluding hydrogens is 273 g/mol. The Labute approximate surface area is 114 Å². The van der Waals surface area contributed by atoms with Crippen LogP contribution in [0.5, 0.6) is 5.75 Å².